The van der Waals surface area contributed by atoms with Gasteiger partial charge in [0.1, 0.15) is 17.5 Å². The van der Waals surface area contributed by atoms with Crippen molar-refractivity contribution in [2.24, 2.45) is 5.73 Å². The standard InChI is InChI=1S/C19H15F3N6O/c1-2-9-3-4-10(19(20,21)22)5-11(9)14-12(17(23)29)6-13(28-14)15-16-18(26-7-24-15)27-8-25-16/h3-8,28H,2H2,1H3,(H2,23,29)(H,24,25,26,27). The lowest BCUT2D eigenvalue weighted by Crippen LogP contribution is -2.12. The fraction of sp³-hybridized carbons (Fsp3) is 0.158. The van der Waals surface area contributed by atoms with E-state index in [-0.39, 0.29) is 16.8 Å². The van der Waals surface area contributed by atoms with Crippen LogP contribution in [0.25, 0.3) is 33.8 Å². The number of nitrogens with zero attached hydrogens (tertiary/aromatic N) is 3. The van der Waals surface area contributed by atoms with E-state index < -0.39 is 17.6 Å². The number of aromatic nitrogens is 5. The summed E-state index contributed by atoms with van der Waals surface area (Å²) < 4.78 is 39.8. The minimum absolute atomic E-state index is 0.0660. The van der Waals surface area contributed by atoms with E-state index in [0.29, 0.717) is 34.5 Å². The van der Waals surface area contributed by atoms with Crippen molar-refractivity contribution in [3.8, 4) is 22.6 Å². The number of rotatable bonds is 4. The number of fused-ring (bicyclic) bond motifs is 1. The van der Waals surface area contributed by atoms with Crippen LogP contribution in [0.1, 0.15) is 28.4 Å². The van der Waals surface area contributed by atoms with Crippen LogP contribution in [-0.4, -0.2) is 30.8 Å². The average Bonchev–Trinajstić information content (AvgIpc) is 3.33. The van der Waals surface area contributed by atoms with Gasteiger partial charge in [-0.1, -0.05) is 13.0 Å². The number of nitrogens with two attached hydrogens (primary N) is 1. The van der Waals surface area contributed by atoms with Crippen LogP contribution < -0.4 is 5.73 Å². The summed E-state index contributed by atoms with van der Waals surface area (Å²) in [5.41, 5.74) is 7.61. The predicted molar refractivity (Wildman–Crippen MR) is 99.8 cm³/mol. The molecule has 4 aromatic rings. The second-order valence-corrected chi connectivity index (χ2v) is 6.38. The number of aryl methyl sites for hydroxylation is 1. The van der Waals surface area contributed by atoms with Gasteiger partial charge in [0.05, 0.1) is 28.8 Å². The first-order chi connectivity index (χ1) is 13.8. The molecule has 148 valence electrons. The van der Waals surface area contributed by atoms with Gasteiger partial charge in [-0.15, -0.1) is 0 Å². The number of benzene rings is 1. The molecule has 0 unspecified atom stereocenters. The van der Waals surface area contributed by atoms with E-state index in [2.05, 4.69) is 24.9 Å². The van der Waals surface area contributed by atoms with Gasteiger partial charge in [-0.05, 0) is 30.2 Å². The maximum atomic E-state index is 13.3. The molecule has 10 heteroatoms. The van der Waals surface area contributed by atoms with Crippen molar-refractivity contribution in [3.63, 3.8) is 0 Å². The molecule has 3 heterocycles. The lowest BCUT2D eigenvalue weighted by Gasteiger charge is -2.13. The van der Waals surface area contributed by atoms with Gasteiger partial charge in [-0.25, -0.2) is 15.0 Å². The van der Waals surface area contributed by atoms with Crippen molar-refractivity contribution >= 4 is 17.1 Å². The largest absolute Gasteiger partial charge is 0.416 e. The molecule has 0 radical (unpaired) electrons. The van der Waals surface area contributed by atoms with E-state index in [1.807, 2.05) is 6.92 Å². The van der Waals surface area contributed by atoms with E-state index in [0.717, 1.165) is 12.1 Å². The summed E-state index contributed by atoms with van der Waals surface area (Å²) in [6.07, 6.45) is -1.28. The molecule has 29 heavy (non-hydrogen) atoms. The molecule has 1 aromatic carbocycles. The Balaban J connectivity index is 1.96. The second-order valence-electron chi connectivity index (χ2n) is 6.38. The molecule has 4 rings (SSSR count). The summed E-state index contributed by atoms with van der Waals surface area (Å²) >= 11 is 0. The van der Waals surface area contributed by atoms with Gasteiger partial charge >= 0.3 is 6.18 Å². The molecule has 0 saturated heterocycles. The number of carbonyl (C=O) groups is 1. The molecule has 0 fully saturated rings. The highest BCUT2D eigenvalue weighted by atomic mass is 19.4. The number of hydrogen-bond donors (Lipinski definition) is 3. The predicted octanol–water partition coefficient (Wildman–Crippen LogP) is 3.70. The minimum Gasteiger partial charge on any atom is -0.366 e. The maximum absolute atomic E-state index is 13.3. The van der Waals surface area contributed by atoms with Crippen molar-refractivity contribution in [2.45, 2.75) is 19.5 Å². The Bertz CT molecular complexity index is 1220. The van der Waals surface area contributed by atoms with Gasteiger partial charge in [0.2, 0.25) is 0 Å². The van der Waals surface area contributed by atoms with Crippen molar-refractivity contribution in [2.75, 3.05) is 0 Å². The summed E-state index contributed by atoms with van der Waals surface area (Å²) in [6, 6.07) is 4.91. The average molecular weight is 400 g/mol. The van der Waals surface area contributed by atoms with Gasteiger partial charge in [0.25, 0.3) is 5.91 Å². The van der Waals surface area contributed by atoms with Gasteiger partial charge in [0, 0.05) is 5.56 Å². The molecule has 0 atom stereocenters. The zero-order chi connectivity index (χ0) is 20.8. The highest BCUT2D eigenvalue weighted by Gasteiger charge is 2.31. The van der Waals surface area contributed by atoms with E-state index in [9.17, 15) is 18.0 Å². The highest BCUT2D eigenvalue weighted by Crippen LogP contribution is 2.36. The van der Waals surface area contributed by atoms with Crippen molar-refractivity contribution in [1.82, 2.24) is 24.9 Å². The van der Waals surface area contributed by atoms with Crippen LogP contribution in [0, 0.1) is 0 Å². The zero-order valence-electron chi connectivity index (χ0n) is 15.1. The molecule has 0 saturated carbocycles. The number of carbonyl (C=O) groups excluding carboxylic acids is 1. The summed E-state index contributed by atoms with van der Waals surface area (Å²) in [5, 5.41) is 0. The Hall–Kier alpha value is -3.69. The van der Waals surface area contributed by atoms with Crippen LogP contribution in [0.2, 0.25) is 0 Å². The third-order valence-corrected chi connectivity index (χ3v) is 4.64. The van der Waals surface area contributed by atoms with Crippen LogP contribution in [0.4, 0.5) is 13.2 Å². The van der Waals surface area contributed by atoms with Crippen molar-refractivity contribution in [1.29, 1.82) is 0 Å². The van der Waals surface area contributed by atoms with Crippen LogP contribution in [0.3, 0.4) is 0 Å². The second kappa shape index (κ2) is 6.73. The van der Waals surface area contributed by atoms with Gasteiger partial charge in [-0.2, -0.15) is 13.2 Å². The quantitative estimate of drug-likeness (QED) is 0.485. The Morgan fingerprint density at radius 1 is 1.17 bits per heavy atom. The van der Waals surface area contributed by atoms with Crippen LogP contribution in [0.5, 0.6) is 0 Å². The van der Waals surface area contributed by atoms with E-state index >= 15 is 0 Å². The number of alkyl halides is 3. The number of halogens is 3. The Kier molecular flexibility index (Phi) is 4.33. The molecule has 7 nitrogen and oxygen atoms in total. The summed E-state index contributed by atoms with van der Waals surface area (Å²) in [6.45, 7) is 1.82. The third-order valence-electron chi connectivity index (χ3n) is 4.64. The molecule has 0 aliphatic rings. The summed E-state index contributed by atoms with van der Waals surface area (Å²) in [5.74, 6) is -0.769. The fourth-order valence-corrected chi connectivity index (χ4v) is 3.24. The number of H-pyrrole nitrogens is 2. The Morgan fingerprint density at radius 3 is 2.66 bits per heavy atom. The van der Waals surface area contributed by atoms with Crippen LogP contribution in [-0.2, 0) is 12.6 Å². The number of primary amides is 1. The minimum atomic E-state index is -4.52. The summed E-state index contributed by atoms with van der Waals surface area (Å²) in [4.78, 5) is 30.4. The number of aromatic amines is 2. The number of nitrogens with one attached hydrogen (secondary N) is 2. The molecule has 0 spiro atoms. The number of imidazole rings is 1. The maximum Gasteiger partial charge on any atom is 0.416 e. The Morgan fingerprint density at radius 2 is 1.97 bits per heavy atom. The Labute approximate surface area is 162 Å². The molecule has 4 N–H and O–H groups in total. The summed E-state index contributed by atoms with van der Waals surface area (Å²) in [7, 11) is 0. The molecule has 3 aromatic heterocycles. The smallest absolute Gasteiger partial charge is 0.366 e. The fourth-order valence-electron chi connectivity index (χ4n) is 3.24. The SMILES string of the molecule is CCc1ccc(C(F)(F)F)cc1-c1[nH]c(-c2ncnc3[nH]cnc23)cc1C(N)=O. The number of hydrogen-bond acceptors (Lipinski definition) is 4. The first-order valence-electron chi connectivity index (χ1n) is 8.67. The molecule has 1 amide bonds. The van der Waals surface area contributed by atoms with Crippen LogP contribution >= 0.6 is 0 Å². The first kappa shape index (κ1) is 18.7. The van der Waals surface area contributed by atoms with Gasteiger partial charge < -0.3 is 15.7 Å². The molecule has 0 aliphatic carbocycles. The monoisotopic (exact) mass is 400 g/mol. The van der Waals surface area contributed by atoms with Gasteiger partial charge in [0.15, 0.2) is 5.65 Å². The topological polar surface area (TPSA) is 113 Å². The van der Waals surface area contributed by atoms with Crippen LogP contribution in [0.15, 0.2) is 36.9 Å². The third kappa shape index (κ3) is 3.22. The normalized spacial score (nSPS) is 11.9. The van der Waals surface area contributed by atoms with E-state index in [1.165, 1.54) is 24.8 Å². The lowest BCUT2D eigenvalue weighted by molar-refractivity contribution is -0.137. The van der Waals surface area contributed by atoms with Crippen molar-refractivity contribution in [3.05, 3.63) is 53.6 Å². The zero-order valence-corrected chi connectivity index (χ0v) is 15.1. The lowest BCUT2D eigenvalue weighted by atomic mass is 9.97. The molecule has 0 bridgehead atoms. The van der Waals surface area contributed by atoms with Gasteiger partial charge in [-0.3, -0.25) is 4.79 Å². The highest BCUT2D eigenvalue weighted by molar-refractivity contribution is 6.02. The number of amides is 1. The van der Waals surface area contributed by atoms with E-state index in [1.54, 1.807) is 0 Å². The molecular weight excluding hydrogens is 385 g/mol. The first-order valence-corrected chi connectivity index (χ1v) is 8.67. The molecular formula is C19H15F3N6O. The molecule has 0 aliphatic heterocycles. The van der Waals surface area contributed by atoms with E-state index in [4.69, 9.17) is 5.73 Å². The van der Waals surface area contributed by atoms with Crippen molar-refractivity contribution < 1.29 is 18.0 Å².